The van der Waals surface area contributed by atoms with Crippen molar-refractivity contribution < 1.29 is 9.53 Å². The molecule has 0 saturated heterocycles. The lowest BCUT2D eigenvalue weighted by Crippen LogP contribution is -2.16. The Morgan fingerprint density at radius 3 is 2.53 bits per heavy atom. The first-order valence-electron chi connectivity index (χ1n) is 10.2. The second-order valence-electron chi connectivity index (χ2n) is 7.58. The summed E-state index contributed by atoms with van der Waals surface area (Å²) in [4.78, 5) is 24.1. The SMILES string of the molecule is CC(=O)Oc1cc(N)c(-c2n[nH]c(=O)n2-c2ccc3c(ccn3C)c2)cc1C(C)C.CN. The van der Waals surface area contributed by atoms with Gasteiger partial charge in [-0.3, -0.25) is 4.79 Å². The highest BCUT2D eigenvalue weighted by molar-refractivity contribution is 5.83. The number of nitrogen functional groups attached to an aromatic ring is 1. The minimum atomic E-state index is -0.420. The van der Waals surface area contributed by atoms with Crippen LogP contribution in [0.2, 0.25) is 0 Å². The van der Waals surface area contributed by atoms with Crippen molar-refractivity contribution in [2.24, 2.45) is 12.8 Å². The lowest BCUT2D eigenvalue weighted by atomic mass is 9.98. The summed E-state index contributed by atoms with van der Waals surface area (Å²) in [5.74, 6) is 0.452. The minimum Gasteiger partial charge on any atom is -0.426 e. The monoisotopic (exact) mass is 436 g/mol. The molecule has 2 heterocycles. The molecule has 0 saturated carbocycles. The van der Waals surface area contributed by atoms with Crippen LogP contribution < -0.4 is 21.9 Å². The standard InChI is InChI=1S/C22H23N5O3.CH5N/c1-12(2)16-10-17(18(23)11-20(16)30-13(3)28)21-24-25-22(29)27(21)15-5-6-19-14(9-15)7-8-26(19)4;1-2/h5-12H,23H2,1-4H3,(H,25,29);2H2,1H3. The number of anilines is 1. The maximum atomic E-state index is 12.6. The molecule has 9 heteroatoms. The number of benzene rings is 2. The molecule has 0 spiro atoms. The first-order chi connectivity index (χ1) is 15.3. The number of esters is 1. The number of nitrogens with two attached hydrogens (primary N) is 2. The van der Waals surface area contributed by atoms with Gasteiger partial charge in [0, 0.05) is 48.4 Å². The number of aromatic amines is 1. The van der Waals surface area contributed by atoms with Crippen molar-refractivity contribution in [1.29, 1.82) is 0 Å². The van der Waals surface area contributed by atoms with Crippen molar-refractivity contribution in [2.75, 3.05) is 12.8 Å². The summed E-state index contributed by atoms with van der Waals surface area (Å²) in [6.07, 6.45) is 1.97. The summed E-state index contributed by atoms with van der Waals surface area (Å²) < 4.78 is 8.84. The molecule has 0 unspecified atom stereocenters. The van der Waals surface area contributed by atoms with Crippen LogP contribution >= 0.6 is 0 Å². The molecule has 0 fully saturated rings. The molecule has 0 aliphatic carbocycles. The Bertz CT molecular complexity index is 1330. The van der Waals surface area contributed by atoms with E-state index in [0.717, 1.165) is 16.5 Å². The van der Waals surface area contributed by atoms with E-state index in [-0.39, 0.29) is 11.6 Å². The maximum Gasteiger partial charge on any atom is 0.348 e. The first-order valence-corrected chi connectivity index (χ1v) is 10.2. The van der Waals surface area contributed by atoms with Crippen LogP contribution in [0.15, 0.2) is 47.4 Å². The number of rotatable bonds is 4. The van der Waals surface area contributed by atoms with Crippen molar-refractivity contribution in [3.8, 4) is 22.8 Å². The normalized spacial score (nSPS) is 10.8. The van der Waals surface area contributed by atoms with Crippen LogP contribution in [0.4, 0.5) is 5.69 Å². The second kappa shape index (κ2) is 9.11. The Hall–Kier alpha value is -3.85. The summed E-state index contributed by atoms with van der Waals surface area (Å²) in [6.45, 7) is 5.33. The van der Waals surface area contributed by atoms with Crippen LogP contribution in [-0.2, 0) is 11.8 Å². The number of ether oxygens (including phenoxy) is 1. The van der Waals surface area contributed by atoms with Crippen LogP contribution in [0.5, 0.6) is 5.75 Å². The molecule has 168 valence electrons. The van der Waals surface area contributed by atoms with E-state index in [4.69, 9.17) is 10.5 Å². The fraction of sp³-hybridized carbons (Fsp3) is 0.261. The number of nitrogens with one attached hydrogen (secondary N) is 1. The van der Waals surface area contributed by atoms with Gasteiger partial charge in [-0.05, 0) is 48.9 Å². The Morgan fingerprint density at radius 1 is 1.16 bits per heavy atom. The van der Waals surface area contributed by atoms with E-state index < -0.39 is 5.97 Å². The van der Waals surface area contributed by atoms with Gasteiger partial charge in [-0.2, -0.15) is 5.10 Å². The van der Waals surface area contributed by atoms with Gasteiger partial charge in [0.15, 0.2) is 5.82 Å². The van der Waals surface area contributed by atoms with Gasteiger partial charge in [-0.25, -0.2) is 14.5 Å². The fourth-order valence-electron chi connectivity index (χ4n) is 3.63. The topological polar surface area (TPSA) is 134 Å². The maximum absolute atomic E-state index is 12.6. The Balaban J connectivity index is 0.00000141. The molecule has 5 N–H and O–H groups in total. The number of H-pyrrole nitrogens is 1. The predicted molar refractivity (Wildman–Crippen MR) is 126 cm³/mol. The largest absolute Gasteiger partial charge is 0.426 e. The molecule has 0 amide bonds. The van der Waals surface area contributed by atoms with E-state index in [1.165, 1.54) is 18.5 Å². The van der Waals surface area contributed by atoms with E-state index in [1.54, 1.807) is 6.07 Å². The first kappa shape index (κ1) is 22.8. The number of hydrogen-bond acceptors (Lipinski definition) is 6. The Labute approximate surface area is 185 Å². The molecule has 4 aromatic rings. The van der Waals surface area contributed by atoms with Gasteiger partial charge in [-0.1, -0.05) is 13.8 Å². The summed E-state index contributed by atoms with van der Waals surface area (Å²) in [5, 5.41) is 7.76. The number of fused-ring (bicyclic) bond motifs is 1. The highest BCUT2D eigenvalue weighted by Gasteiger charge is 2.20. The van der Waals surface area contributed by atoms with Gasteiger partial charge in [-0.15, -0.1) is 0 Å². The van der Waals surface area contributed by atoms with Crippen molar-refractivity contribution in [3.05, 3.63) is 58.6 Å². The predicted octanol–water partition coefficient (Wildman–Crippen LogP) is 2.93. The molecule has 9 nitrogen and oxygen atoms in total. The number of carbonyl (C=O) groups excluding carboxylic acids is 1. The number of aryl methyl sites for hydroxylation is 1. The number of nitrogens with zero attached hydrogens (tertiary/aromatic N) is 3. The highest BCUT2D eigenvalue weighted by atomic mass is 16.5. The van der Waals surface area contributed by atoms with E-state index in [1.807, 2.05) is 62.0 Å². The van der Waals surface area contributed by atoms with E-state index in [0.29, 0.717) is 28.5 Å². The number of carbonyl (C=O) groups is 1. The third-order valence-electron chi connectivity index (χ3n) is 5.10. The van der Waals surface area contributed by atoms with Crippen LogP contribution in [0.3, 0.4) is 0 Å². The van der Waals surface area contributed by atoms with Crippen molar-refractivity contribution in [3.63, 3.8) is 0 Å². The molecular formula is C23H28N6O3. The lowest BCUT2D eigenvalue weighted by molar-refractivity contribution is -0.131. The molecule has 0 aliphatic rings. The molecular weight excluding hydrogens is 408 g/mol. The van der Waals surface area contributed by atoms with Crippen LogP contribution in [0, 0.1) is 0 Å². The zero-order valence-corrected chi connectivity index (χ0v) is 18.8. The van der Waals surface area contributed by atoms with Gasteiger partial charge in [0.25, 0.3) is 0 Å². The summed E-state index contributed by atoms with van der Waals surface area (Å²) in [7, 11) is 3.47. The average molecular weight is 437 g/mol. The second-order valence-corrected chi connectivity index (χ2v) is 7.58. The third-order valence-corrected chi connectivity index (χ3v) is 5.10. The van der Waals surface area contributed by atoms with Gasteiger partial charge in [0.05, 0.1) is 5.69 Å². The molecule has 0 atom stereocenters. The molecule has 0 radical (unpaired) electrons. The van der Waals surface area contributed by atoms with Crippen molar-refractivity contribution in [2.45, 2.75) is 26.7 Å². The van der Waals surface area contributed by atoms with Gasteiger partial charge in [0.1, 0.15) is 5.75 Å². The van der Waals surface area contributed by atoms with Crippen molar-refractivity contribution >= 4 is 22.6 Å². The quantitative estimate of drug-likeness (QED) is 0.256. The summed E-state index contributed by atoms with van der Waals surface area (Å²) in [5.41, 5.74) is 13.9. The molecule has 2 aromatic carbocycles. The van der Waals surface area contributed by atoms with E-state index >= 15 is 0 Å². The molecule has 4 rings (SSSR count). The highest BCUT2D eigenvalue weighted by Crippen LogP contribution is 2.36. The lowest BCUT2D eigenvalue weighted by Gasteiger charge is -2.16. The fourth-order valence-corrected chi connectivity index (χ4v) is 3.63. The van der Waals surface area contributed by atoms with Gasteiger partial charge >= 0.3 is 11.7 Å². The number of hydrogen-bond donors (Lipinski definition) is 3. The van der Waals surface area contributed by atoms with Gasteiger partial charge < -0.3 is 20.8 Å². The van der Waals surface area contributed by atoms with E-state index in [9.17, 15) is 9.59 Å². The summed E-state index contributed by atoms with van der Waals surface area (Å²) in [6, 6.07) is 11.2. The van der Waals surface area contributed by atoms with Crippen molar-refractivity contribution in [1.82, 2.24) is 19.3 Å². The van der Waals surface area contributed by atoms with E-state index in [2.05, 4.69) is 15.9 Å². The van der Waals surface area contributed by atoms with Crippen LogP contribution in [-0.4, -0.2) is 32.3 Å². The molecule has 0 bridgehead atoms. The molecule has 32 heavy (non-hydrogen) atoms. The molecule has 2 aromatic heterocycles. The van der Waals surface area contributed by atoms with Crippen LogP contribution in [0.1, 0.15) is 32.3 Å². The molecule has 0 aliphatic heterocycles. The van der Waals surface area contributed by atoms with Crippen LogP contribution in [0.25, 0.3) is 28.0 Å². The summed E-state index contributed by atoms with van der Waals surface area (Å²) >= 11 is 0. The Kier molecular flexibility index (Phi) is 6.50. The zero-order valence-electron chi connectivity index (χ0n) is 18.8. The zero-order chi connectivity index (χ0) is 23.6. The average Bonchev–Trinajstić information content (AvgIpc) is 3.31. The minimum absolute atomic E-state index is 0.0680. The smallest absolute Gasteiger partial charge is 0.348 e. The third kappa shape index (κ3) is 4.15. The Morgan fingerprint density at radius 2 is 1.88 bits per heavy atom. The number of aromatic nitrogens is 4. The van der Waals surface area contributed by atoms with Gasteiger partial charge in [0.2, 0.25) is 0 Å².